The SMILES string of the molecule is COCc1ccc(C(=O)OCC(=O)N(CC(C)C)C2CCS(=O)(=O)C2)cc1. The number of hydrogen-bond acceptors (Lipinski definition) is 6. The third-order valence-electron chi connectivity index (χ3n) is 4.36. The summed E-state index contributed by atoms with van der Waals surface area (Å²) in [5.74, 6) is -0.708. The third-order valence-corrected chi connectivity index (χ3v) is 6.11. The lowest BCUT2D eigenvalue weighted by Gasteiger charge is -2.29. The van der Waals surface area contributed by atoms with Gasteiger partial charge in [0.15, 0.2) is 16.4 Å². The first-order valence-corrected chi connectivity index (χ1v) is 10.8. The van der Waals surface area contributed by atoms with Crippen LogP contribution in [0.15, 0.2) is 24.3 Å². The summed E-state index contributed by atoms with van der Waals surface area (Å²) in [7, 11) is -1.52. The van der Waals surface area contributed by atoms with Crippen LogP contribution in [0.1, 0.15) is 36.2 Å². The zero-order valence-corrected chi connectivity index (χ0v) is 16.8. The van der Waals surface area contributed by atoms with Crippen molar-refractivity contribution in [2.45, 2.75) is 32.9 Å². The van der Waals surface area contributed by atoms with E-state index in [-0.39, 0.29) is 29.4 Å². The van der Waals surface area contributed by atoms with E-state index < -0.39 is 22.4 Å². The van der Waals surface area contributed by atoms with Gasteiger partial charge >= 0.3 is 5.97 Å². The number of carbonyl (C=O) groups excluding carboxylic acids is 2. The monoisotopic (exact) mass is 397 g/mol. The molecule has 0 aromatic heterocycles. The molecule has 8 heteroatoms. The van der Waals surface area contributed by atoms with Gasteiger partial charge in [0.05, 0.1) is 23.7 Å². The van der Waals surface area contributed by atoms with Gasteiger partial charge in [-0.3, -0.25) is 4.79 Å². The van der Waals surface area contributed by atoms with E-state index in [1.807, 2.05) is 13.8 Å². The molecular weight excluding hydrogens is 370 g/mol. The molecule has 1 saturated heterocycles. The van der Waals surface area contributed by atoms with Gasteiger partial charge in [0.1, 0.15) is 0 Å². The highest BCUT2D eigenvalue weighted by Gasteiger charge is 2.35. The minimum atomic E-state index is -3.10. The zero-order chi connectivity index (χ0) is 20.0. The number of esters is 1. The highest BCUT2D eigenvalue weighted by molar-refractivity contribution is 7.91. The lowest BCUT2D eigenvalue weighted by molar-refractivity contribution is -0.137. The Labute approximate surface area is 160 Å². The Kier molecular flexibility index (Phi) is 7.38. The quantitative estimate of drug-likeness (QED) is 0.620. The Morgan fingerprint density at radius 1 is 1.22 bits per heavy atom. The molecule has 1 aliphatic heterocycles. The normalized spacial score (nSPS) is 18.4. The average molecular weight is 397 g/mol. The second-order valence-corrected chi connectivity index (χ2v) is 9.43. The van der Waals surface area contributed by atoms with Crippen molar-refractivity contribution in [2.24, 2.45) is 5.92 Å². The van der Waals surface area contributed by atoms with E-state index in [0.717, 1.165) is 5.56 Å². The fourth-order valence-corrected chi connectivity index (χ4v) is 4.80. The van der Waals surface area contributed by atoms with Crippen molar-refractivity contribution >= 4 is 21.7 Å². The Morgan fingerprint density at radius 2 is 1.89 bits per heavy atom. The maximum Gasteiger partial charge on any atom is 0.338 e. The molecule has 27 heavy (non-hydrogen) atoms. The van der Waals surface area contributed by atoms with Gasteiger partial charge in [0.2, 0.25) is 0 Å². The van der Waals surface area contributed by atoms with Crippen molar-refractivity contribution < 1.29 is 27.5 Å². The number of rotatable bonds is 8. The van der Waals surface area contributed by atoms with Crippen molar-refractivity contribution in [3.63, 3.8) is 0 Å². The maximum atomic E-state index is 12.6. The summed E-state index contributed by atoms with van der Waals surface area (Å²) in [4.78, 5) is 26.3. The van der Waals surface area contributed by atoms with E-state index >= 15 is 0 Å². The molecule has 1 aromatic carbocycles. The van der Waals surface area contributed by atoms with Gasteiger partial charge in [0, 0.05) is 19.7 Å². The lowest BCUT2D eigenvalue weighted by Crippen LogP contribution is -2.45. The number of benzene rings is 1. The van der Waals surface area contributed by atoms with Gasteiger partial charge in [0.25, 0.3) is 5.91 Å². The van der Waals surface area contributed by atoms with Crippen molar-refractivity contribution in [1.29, 1.82) is 0 Å². The van der Waals surface area contributed by atoms with E-state index in [1.165, 1.54) is 0 Å². The van der Waals surface area contributed by atoms with Crippen LogP contribution in [0.2, 0.25) is 0 Å². The number of methoxy groups -OCH3 is 1. The maximum absolute atomic E-state index is 12.6. The molecule has 0 bridgehead atoms. The fraction of sp³-hybridized carbons (Fsp3) is 0.579. The second kappa shape index (κ2) is 9.32. The van der Waals surface area contributed by atoms with Gasteiger partial charge in [-0.15, -0.1) is 0 Å². The minimum Gasteiger partial charge on any atom is -0.452 e. The molecule has 0 saturated carbocycles. The van der Waals surface area contributed by atoms with Crippen LogP contribution in [-0.4, -0.2) is 63.0 Å². The van der Waals surface area contributed by atoms with Gasteiger partial charge in [-0.2, -0.15) is 0 Å². The molecule has 0 aliphatic carbocycles. The highest BCUT2D eigenvalue weighted by atomic mass is 32.2. The molecule has 2 rings (SSSR count). The van der Waals surface area contributed by atoms with Crippen molar-refractivity contribution in [2.75, 3.05) is 31.8 Å². The summed E-state index contributed by atoms with van der Waals surface area (Å²) >= 11 is 0. The van der Waals surface area contributed by atoms with E-state index in [2.05, 4.69) is 0 Å². The van der Waals surface area contributed by atoms with Crippen LogP contribution in [0.3, 0.4) is 0 Å². The van der Waals surface area contributed by atoms with Gasteiger partial charge in [-0.1, -0.05) is 26.0 Å². The number of carbonyl (C=O) groups is 2. The molecule has 1 aromatic rings. The molecule has 1 aliphatic rings. The van der Waals surface area contributed by atoms with E-state index in [9.17, 15) is 18.0 Å². The molecule has 150 valence electrons. The molecule has 0 N–H and O–H groups in total. The molecule has 7 nitrogen and oxygen atoms in total. The Balaban J connectivity index is 1.97. The molecule has 0 radical (unpaired) electrons. The van der Waals surface area contributed by atoms with E-state index in [1.54, 1.807) is 36.3 Å². The fourth-order valence-electron chi connectivity index (χ4n) is 3.07. The van der Waals surface area contributed by atoms with Crippen LogP contribution in [-0.2, 0) is 30.7 Å². The summed E-state index contributed by atoms with van der Waals surface area (Å²) in [5, 5.41) is 0. The zero-order valence-electron chi connectivity index (χ0n) is 16.0. The van der Waals surface area contributed by atoms with Crippen LogP contribution in [0.5, 0.6) is 0 Å². The molecule has 0 spiro atoms. The molecule has 1 fully saturated rings. The third kappa shape index (κ3) is 6.32. The minimum absolute atomic E-state index is 0.0274. The Hall–Kier alpha value is -1.93. The summed E-state index contributed by atoms with van der Waals surface area (Å²) < 4.78 is 33.7. The van der Waals surface area contributed by atoms with Crippen LogP contribution < -0.4 is 0 Å². The molecule has 1 amide bonds. The summed E-state index contributed by atoms with van der Waals surface area (Å²) in [5.41, 5.74) is 1.28. The number of ether oxygens (including phenoxy) is 2. The number of sulfone groups is 1. The van der Waals surface area contributed by atoms with Crippen LogP contribution in [0, 0.1) is 5.92 Å². The van der Waals surface area contributed by atoms with Crippen LogP contribution in [0.25, 0.3) is 0 Å². The van der Waals surface area contributed by atoms with Crippen molar-refractivity contribution in [1.82, 2.24) is 4.90 Å². The summed E-state index contributed by atoms with van der Waals surface area (Å²) in [6.45, 7) is 4.39. The Morgan fingerprint density at radius 3 is 2.41 bits per heavy atom. The topological polar surface area (TPSA) is 90.0 Å². The predicted molar refractivity (Wildman–Crippen MR) is 101 cm³/mol. The van der Waals surface area contributed by atoms with E-state index in [0.29, 0.717) is 25.1 Å². The highest BCUT2D eigenvalue weighted by Crippen LogP contribution is 2.19. The number of amides is 1. The van der Waals surface area contributed by atoms with Gasteiger partial charge in [-0.05, 0) is 30.0 Å². The smallest absolute Gasteiger partial charge is 0.338 e. The summed E-state index contributed by atoms with van der Waals surface area (Å²) in [6.07, 6.45) is 0.426. The van der Waals surface area contributed by atoms with E-state index in [4.69, 9.17) is 9.47 Å². The first-order chi connectivity index (χ1) is 12.7. The molecular formula is C19H27NO6S. The molecule has 1 unspecified atom stereocenters. The van der Waals surface area contributed by atoms with Gasteiger partial charge in [-0.25, -0.2) is 13.2 Å². The second-order valence-electron chi connectivity index (χ2n) is 7.20. The first-order valence-electron chi connectivity index (χ1n) is 8.96. The number of nitrogens with zero attached hydrogens (tertiary/aromatic N) is 1. The average Bonchev–Trinajstić information content (AvgIpc) is 2.97. The van der Waals surface area contributed by atoms with Crippen LogP contribution in [0.4, 0.5) is 0 Å². The lowest BCUT2D eigenvalue weighted by atomic mass is 10.1. The number of hydrogen-bond donors (Lipinski definition) is 0. The summed E-state index contributed by atoms with van der Waals surface area (Å²) in [6, 6.07) is 6.41. The Bertz CT molecular complexity index is 757. The molecule has 1 heterocycles. The first kappa shape index (κ1) is 21.4. The van der Waals surface area contributed by atoms with Crippen molar-refractivity contribution in [3.8, 4) is 0 Å². The van der Waals surface area contributed by atoms with Crippen LogP contribution >= 0.6 is 0 Å². The standard InChI is InChI=1S/C19H27NO6S/c1-14(2)10-20(17-8-9-27(23,24)13-17)18(21)12-26-19(22)16-6-4-15(5-7-16)11-25-3/h4-7,14,17H,8-13H2,1-3H3. The predicted octanol–water partition coefficient (Wildman–Crippen LogP) is 1.66. The molecule has 1 atom stereocenters. The van der Waals surface area contributed by atoms with Crippen molar-refractivity contribution in [3.05, 3.63) is 35.4 Å². The van der Waals surface area contributed by atoms with Gasteiger partial charge < -0.3 is 14.4 Å². The largest absolute Gasteiger partial charge is 0.452 e.